The molecule has 0 radical (unpaired) electrons. The van der Waals surface area contributed by atoms with Crippen molar-refractivity contribution in [2.24, 2.45) is 5.92 Å². The molecule has 0 spiro atoms. The van der Waals surface area contributed by atoms with Gasteiger partial charge in [0, 0.05) is 50.9 Å². The second kappa shape index (κ2) is 10.3. The Morgan fingerprint density at radius 1 is 1.12 bits per heavy atom. The minimum absolute atomic E-state index is 0.0542. The van der Waals surface area contributed by atoms with E-state index in [0.29, 0.717) is 0 Å². The molecule has 2 aliphatic heterocycles. The fourth-order valence-electron chi connectivity index (χ4n) is 4.78. The average Bonchev–Trinajstić information content (AvgIpc) is 3.24. The molecule has 0 bridgehead atoms. The van der Waals surface area contributed by atoms with Gasteiger partial charge in [0.2, 0.25) is 11.9 Å². The van der Waals surface area contributed by atoms with E-state index in [2.05, 4.69) is 32.2 Å². The van der Waals surface area contributed by atoms with E-state index < -0.39 is 0 Å². The second-order valence-corrected chi connectivity index (χ2v) is 9.25. The average molecular weight is 438 g/mol. The van der Waals surface area contributed by atoms with Crippen LogP contribution in [0.5, 0.6) is 5.75 Å². The van der Waals surface area contributed by atoms with Crippen molar-refractivity contribution < 1.29 is 9.53 Å². The van der Waals surface area contributed by atoms with Crippen LogP contribution in [-0.2, 0) is 11.3 Å². The maximum atomic E-state index is 13.1. The minimum atomic E-state index is -0.125. The second-order valence-electron chi connectivity index (χ2n) is 9.25. The number of nitrogens with one attached hydrogen (secondary N) is 1. The van der Waals surface area contributed by atoms with Crippen molar-refractivity contribution in [3.8, 4) is 5.75 Å². The lowest BCUT2D eigenvalue weighted by Gasteiger charge is -2.27. The van der Waals surface area contributed by atoms with Crippen molar-refractivity contribution in [3.63, 3.8) is 0 Å². The van der Waals surface area contributed by atoms with Crippen molar-refractivity contribution in [3.05, 3.63) is 47.8 Å². The van der Waals surface area contributed by atoms with E-state index >= 15 is 0 Å². The third-order valence-corrected chi connectivity index (χ3v) is 6.41. The van der Waals surface area contributed by atoms with Gasteiger partial charge in [-0.05, 0) is 56.9 Å². The van der Waals surface area contributed by atoms with Crippen LogP contribution < -0.4 is 15.0 Å². The van der Waals surface area contributed by atoms with Crippen LogP contribution in [0.1, 0.15) is 50.3 Å². The summed E-state index contributed by atoms with van der Waals surface area (Å²) in [6.45, 7) is 8.36. The van der Waals surface area contributed by atoms with Crippen molar-refractivity contribution in [2.75, 3.05) is 38.2 Å². The molecule has 1 aromatic carbocycles. The molecule has 4 rings (SSSR count). The van der Waals surface area contributed by atoms with E-state index in [1.165, 1.54) is 24.8 Å². The topological polar surface area (TPSA) is 70.6 Å². The lowest BCUT2D eigenvalue weighted by molar-refractivity contribution is -0.125. The van der Waals surface area contributed by atoms with Gasteiger partial charge in [0.05, 0.1) is 18.7 Å². The van der Waals surface area contributed by atoms with E-state index in [1.807, 2.05) is 38.2 Å². The Labute approximate surface area is 191 Å². The molecule has 3 heterocycles. The van der Waals surface area contributed by atoms with Gasteiger partial charge in [-0.1, -0.05) is 12.1 Å². The molecule has 172 valence electrons. The Morgan fingerprint density at radius 2 is 1.88 bits per heavy atom. The number of methoxy groups -OCH3 is 1. The van der Waals surface area contributed by atoms with Gasteiger partial charge in [0.25, 0.3) is 0 Å². The predicted octanol–water partition coefficient (Wildman–Crippen LogP) is 3.22. The number of benzene rings is 1. The molecule has 2 saturated heterocycles. The number of anilines is 1. The molecule has 1 aromatic heterocycles. The summed E-state index contributed by atoms with van der Waals surface area (Å²) in [7, 11) is 1.68. The first-order valence-electron chi connectivity index (χ1n) is 11.8. The van der Waals surface area contributed by atoms with Crippen LogP contribution in [0.25, 0.3) is 0 Å². The lowest BCUT2D eigenvalue weighted by atomic mass is 9.91. The highest BCUT2D eigenvalue weighted by Gasteiger charge is 2.39. The molecule has 7 heteroatoms. The third kappa shape index (κ3) is 5.38. The minimum Gasteiger partial charge on any atom is -0.497 e. The van der Waals surface area contributed by atoms with Crippen molar-refractivity contribution in [2.45, 2.75) is 51.6 Å². The molecule has 0 unspecified atom stereocenters. The number of hydrogen-bond donors (Lipinski definition) is 1. The third-order valence-electron chi connectivity index (χ3n) is 6.41. The van der Waals surface area contributed by atoms with Gasteiger partial charge >= 0.3 is 0 Å². The number of aromatic nitrogens is 2. The molecule has 32 heavy (non-hydrogen) atoms. The Kier molecular flexibility index (Phi) is 7.25. The molecule has 0 aliphatic carbocycles. The number of carbonyl (C=O) groups is 1. The fourth-order valence-corrected chi connectivity index (χ4v) is 4.78. The predicted molar refractivity (Wildman–Crippen MR) is 126 cm³/mol. The Bertz CT molecular complexity index is 895. The van der Waals surface area contributed by atoms with E-state index in [-0.39, 0.29) is 23.8 Å². The normalized spacial score (nSPS) is 21.7. The van der Waals surface area contributed by atoms with E-state index in [1.54, 1.807) is 7.11 Å². The molecule has 7 nitrogen and oxygen atoms in total. The monoisotopic (exact) mass is 437 g/mol. The number of nitrogens with zero attached hydrogens (tertiary/aromatic N) is 4. The van der Waals surface area contributed by atoms with Gasteiger partial charge in [-0.3, -0.25) is 9.69 Å². The van der Waals surface area contributed by atoms with Gasteiger partial charge in [-0.2, -0.15) is 0 Å². The van der Waals surface area contributed by atoms with Crippen LogP contribution in [0, 0.1) is 5.92 Å². The maximum absolute atomic E-state index is 13.1. The van der Waals surface area contributed by atoms with Gasteiger partial charge in [0.15, 0.2) is 0 Å². The summed E-state index contributed by atoms with van der Waals surface area (Å²) in [6, 6.07) is 10.3. The smallest absolute Gasteiger partial charge is 0.225 e. The fraction of sp³-hybridized carbons (Fsp3) is 0.560. The Hall–Kier alpha value is -2.67. The summed E-state index contributed by atoms with van der Waals surface area (Å²) in [4.78, 5) is 27.2. The highest BCUT2D eigenvalue weighted by atomic mass is 16.5. The summed E-state index contributed by atoms with van der Waals surface area (Å²) < 4.78 is 5.28. The largest absolute Gasteiger partial charge is 0.497 e. The number of rotatable bonds is 7. The first kappa shape index (κ1) is 22.5. The quantitative estimate of drug-likeness (QED) is 0.717. The van der Waals surface area contributed by atoms with E-state index in [9.17, 15) is 4.79 Å². The number of likely N-dealkylation sites (tertiary alicyclic amines) is 1. The van der Waals surface area contributed by atoms with Gasteiger partial charge in [0.1, 0.15) is 5.75 Å². The zero-order chi connectivity index (χ0) is 22.5. The Morgan fingerprint density at radius 3 is 2.56 bits per heavy atom. The number of carbonyl (C=O) groups excluding carboxylic acids is 1. The van der Waals surface area contributed by atoms with Crippen LogP contribution in [0.15, 0.2) is 36.5 Å². The number of piperidine rings is 1. The molecule has 1 amide bonds. The van der Waals surface area contributed by atoms with Crippen LogP contribution in [-0.4, -0.2) is 60.1 Å². The van der Waals surface area contributed by atoms with Crippen LogP contribution in [0.3, 0.4) is 0 Å². The van der Waals surface area contributed by atoms with Crippen LogP contribution in [0.4, 0.5) is 5.95 Å². The van der Waals surface area contributed by atoms with Crippen molar-refractivity contribution >= 4 is 11.9 Å². The number of hydrogen-bond acceptors (Lipinski definition) is 6. The summed E-state index contributed by atoms with van der Waals surface area (Å²) in [5, 5.41) is 3.13. The molecular weight excluding hydrogens is 402 g/mol. The van der Waals surface area contributed by atoms with Crippen molar-refractivity contribution in [1.29, 1.82) is 0 Å². The highest BCUT2D eigenvalue weighted by Crippen LogP contribution is 2.34. The Balaban J connectivity index is 1.54. The molecule has 1 N–H and O–H groups in total. The summed E-state index contributed by atoms with van der Waals surface area (Å²) in [5.74, 6) is 1.70. The van der Waals surface area contributed by atoms with Crippen LogP contribution in [0.2, 0.25) is 0 Å². The molecule has 2 atom stereocenters. The summed E-state index contributed by atoms with van der Waals surface area (Å²) in [6.07, 6.45) is 5.50. The number of ether oxygens (including phenoxy) is 1. The lowest BCUT2D eigenvalue weighted by Crippen LogP contribution is -2.38. The van der Waals surface area contributed by atoms with Crippen molar-refractivity contribution in [1.82, 2.24) is 20.2 Å². The summed E-state index contributed by atoms with van der Waals surface area (Å²) in [5.41, 5.74) is 2.19. The zero-order valence-corrected chi connectivity index (χ0v) is 19.5. The molecule has 2 aliphatic rings. The first-order chi connectivity index (χ1) is 15.5. The van der Waals surface area contributed by atoms with Gasteiger partial charge in [-0.15, -0.1) is 0 Å². The molecule has 2 aromatic rings. The van der Waals surface area contributed by atoms with Gasteiger partial charge in [-0.25, -0.2) is 9.97 Å². The first-order valence-corrected chi connectivity index (χ1v) is 11.8. The SMILES string of the molecule is COc1ccc(CN2C[C@H](C(=O)NC(C)C)[C@@H](c3ccnc(N4CCCCC4)n3)C2)cc1. The molecular formula is C25H35N5O2. The van der Waals surface area contributed by atoms with Crippen LogP contribution >= 0.6 is 0 Å². The van der Waals surface area contributed by atoms with Gasteiger partial charge < -0.3 is 15.0 Å². The number of amides is 1. The molecule has 0 saturated carbocycles. The maximum Gasteiger partial charge on any atom is 0.225 e. The molecule has 2 fully saturated rings. The zero-order valence-electron chi connectivity index (χ0n) is 19.5. The van der Waals surface area contributed by atoms with E-state index in [4.69, 9.17) is 9.72 Å². The summed E-state index contributed by atoms with van der Waals surface area (Å²) >= 11 is 0. The highest BCUT2D eigenvalue weighted by molar-refractivity contribution is 5.80. The standard InChI is InChI=1S/C25H35N5O2/c1-18(2)27-24(31)22-17-29(15-19-7-9-20(32-3)10-8-19)16-21(22)23-11-12-26-25(28-23)30-13-5-4-6-14-30/h7-12,18,21-22H,4-6,13-17H2,1-3H3,(H,27,31)/t21-,22-/m0/s1. The van der Waals surface area contributed by atoms with E-state index in [0.717, 1.165) is 50.1 Å².